The van der Waals surface area contributed by atoms with Crippen molar-refractivity contribution in [1.82, 2.24) is 10.1 Å². The molecule has 174 valence electrons. The van der Waals surface area contributed by atoms with Crippen molar-refractivity contribution in [2.24, 2.45) is 0 Å². The summed E-state index contributed by atoms with van der Waals surface area (Å²) in [5, 5.41) is 10.5. The van der Waals surface area contributed by atoms with Gasteiger partial charge in [-0.1, -0.05) is 28.9 Å². The number of hydrogen-bond donors (Lipinski definition) is 1. The Bertz CT molecular complexity index is 1320. The van der Waals surface area contributed by atoms with E-state index in [9.17, 15) is 9.59 Å². The van der Waals surface area contributed by atoms with E-state index in [1.807, 2.05) is 16.8 Å². The number of ether oxygens (including phenoxy) is 3. The van der Waals surface area contributed by atoms with Gasteiger partial charge in [0.15, 0.2) is 18.1 Å². The molecule has 2 aromatic heterocycles. The van der Waals surface area contributed by atoms with E-state index in [1.165, 1.54) is 37.7 Å². The Kier molecular flexibility index (Phi) is 7.09. The van der Waals surface area contributed by atoms with Gasteiger partial charge < -0.3 is 24.1 Å². The van der Waals surface area contributed by atoms with Crippen LogP contribution < -0.4 is 14.8 Å². The minimum absolute atomic E-state index is 0.0413. The number of rotatable bonds is 8. The van der Waals surface area contributed by atoms with E-state index in [1.54, 1.807) is 24.3 Å². The van der Waals surface area contributed by atoms with Crippen molar-refractivity contribution in [2.45, 2.75) is 6.61 Å². The van der Waals surface area contributed by atoms with Crippen LogP contribution in [0.3, 0.4) is 0 Å². The number of nitrogens with one attached hydrogen (secondary N) is 1. The van der Waals surface area contributed by atoms with Crippen LogP contribution in [0.2, 0.25) is 5.02 Å². The lowest BCUT2D eigenvalue weighted by molar-refractivity contribution is 0.0460. The summed E-state index contributed by atoms with van der Waals surface area (Å²) >= 11 is 7.62. The molecule has 0 saturated heterocycles. The van der Waals surface area contributed by atoms with Gasteiger partial charge in [-0.05, 0) is 23.6 Å². The largest absolute Gasteiger partial charge is 0.493 e. The summed E-state index contributed by atoms with van der Waals surface area (Å²) in [6.07, 6.45) is 0. The smallest absolute Gasteiger partial charge is 0.340 e. The highest BCUT2D eigenvalue weighted by Gasteiger charge is 2.22. The molecule has 0 aliphatic carbocycles. The summed E-state index contributed by atoms with van der Waals surface area (Å²) in [5.41, 5.74) is 1.21. The maximum atomic E-state index is 12.9. The van der Waals surface area contributed by atoms with E-state index >= 15 is 0 Å². The quantitative estimate of drug-likeness (QED) is 0.334. The summed E-state index contributed by atoms with van der Waals surface area (Å²) in [5.74, 6) is -0.137. The van der Waals surface area contributed by atoms with Crippen LogP contribution in [0.1, 0.15) is 26.5 Å². The first-order valence-electron chi connectivity index (χ1n) is 9.84. The second-order valence-electron chi connectivity index (χ2n) is 6.79. The number of esters is 1. The van der Waals surface area contributed by atoms with Gasteiger partial charge in [0.05, 0.1) is 41.6 Å². The van der Waals surface area contributed by atoms with Crippen LogP contribution in [0.4, 0.5) is 5.69 Å². The predicted octanol–water partition coefficient (Wildman–Crippen LogP) is 5.08. The fourth-order valence-corrected chi connectivity index (χ4v) is 3.86. The van der Waals surface area contributed by atoms with Gasteiger partial charge in [-0.25, -0.2) is 4.79 Å². The van der Waals surface area contributed by atoms with Gasteiger partial charge in [0.1, 0.15) is 0 Å². The number of thiophene rings is 1. The molecule has 2 aromatic carbocycles. The van der Waals surface area contributed by atoms with E-state index in [0.29, 0.717) is 11.6 Å². The van der Waals surface area contributed by atoms with Crippen molar-refractivity contribution in [3.8, 4) is 23.0 Å². The van der Waals surface area contributed by atoms with Gasteiger partial charge >= 0.3 is 5.97 Å². The Morgan fingerprint density at radius 2 is 1.85 bits per heavy atom. The number of halogens is 1. The van der Waals surface area contributed by atoms with Crippen molar-refractivity contribution < 1.29 is 28.3 Å². The standard InChI is InChI=1S/C23H18ClN3O6S/c1-30-18-9-15(23(29)32-11-20-26-22(33-27-20)13-7-8-34-12-13)17(10-19(18)31-2)25-21(28)14-5-3-4-6-16(14)24/h3-10,12H,11H2,1-2H3,(H,25,28). The lowest BCUT2D eigenvalue weighted by Crippen LogP contribution is -2.17. The summed E-state index contributed by atoms with van der Waals surface area (Å²) in [7, 11) is 2.87. The molecule has 0 saturated carbocycles. The first-order chi connectivity index (χ1) is 16.5. The molecule has 2 heterocycles. The zero-order chi connectivity index (χ0) is 24.1. The number of carbonyl (C=O) groups excluding carboxylic acids is 2. The van der Waals surface area contributed by atoms with E-state index < -0.39 is 11.9 Å². The van der Waals surface area contributed by atoms with Crippen LogP contribution in [-0.2, 0) is 11.3 Å². The van der Waals surface area contributed by atoms with Gasteiger partial charge in [0.2, 0.25) is 5.82 Å². The fourth-order valence-electron chi connectivity index (χ4n) is 3.01. The highest BCUT2D eigenvalue weighted by molar-refractivity contribution is 7.08. The number of methoxy groups -OCH3 is 2. The lowest BCUT2D eigenvalue weighted by atomic mass is 10.1. The third kappa shape index (κ3) is 5.03. The van der Waals surface area contributed by atoms with Gasteiger partial charge in [-0.3, -0.25) is 4.79 Å². The van der Waals surface area contributed by atoms with Crippen LogP contribution in [0.5, 0.6) is 11.5 Å². The van der Waals surface area contributed by atoms with Crippen molar-refractivity contribution >= 4 is 40.5 Å². The molecule has 9 nitrogen and oxygen atoms in total. The van der Waals surface area contributed by atoms with Crippen LogP contribution in [0, 0.1) is 0 Å². The van der Waals surface area contributed by atoms with Crippen LogP contribution in [0.25, 0.3) is 11.5 Å². The number of amides is 1. The number of benzene rings is 2. The highest BCUT2D eigenvalue weighted by atomic mass is 35.5. The Labute approximate surface area is 203 Å². The lowest BCUT2D eigenvalue weighted by Gasteiger charge is -2.15. The molecule has 0 radical (unpaired) electrons. The molecule has 0 fully saturated rings. The summed E-state index contributed by atoms with van der Waals surface area (Å²) < 4.78 is 21.2. The van der Waals surface area contributed by atoms with E-state index in [2.05, 4.69) is 15.5 Å². The molecule has 0 unspecified atom stereocenters. The number of anilines is 1. The van der Waals surface area contributed by atoms with Gasteiger partial charge in [-0.15, -0.1) is 0 Å². The van der Waals surface area contributed by atoms with Crippen molar-refractivity contribution in [3.63, 3.8) is 0 Å². The van der Waals surface area contributed by atoms with E-state index in [4.69, 9.17) is 30.3 Å². The first-order valence-corrected chi connectivity index (χ1v) is 11.2. The Morgan fingerprint density at radius 3 is 2.56 bits per heavy atom. The second kappa shape index (κ2) is 10.4. The number of nitrogens with zero attached hydrogens (tertiary/aromatic N) is 2. The van der Waals surface area contributed by atoms with Crippen LogP contribution in [0.15, 0.2) is 57.7 Å². The molecular formula is C23H18ClN3O6S. The molecular weight excluding hydrogens is 482 g/mol. The number of carbonyl (C=O) groups is 2. The molecule has 1 amide bonds. The summed E-state index contributed by atoms with van der Waals surface area (Å²) in [6.45, 7) is -0.237. The molecule has 1 N–H and O–H groups in total. The highest BCUT2D eigenvalue weighted by Crippen LogP contribution is 2.34. The SMILES string of the molecule is COc1cc(NC(=O)c2ccccc2Cl)c(C(=O)OCc2noc(-c3ccsc3)n2)cc1OC. The van der Waals surface area contributed by atoms with Gasteiger partial charge in [0, 0.05) is 17.5 Å². The van der Waals surface area contributed by atoms with Gasteiger partial charge in [-0.2, -0.15) is 16.3 Å². The van der Waals surface area contributed by atoms with Crippen molar-refractivity contribution in [3.05, 3.63) is 75.2 Å². The summed E-state index contributed by atoms with van der Waals surface area (Å²) in [6, 6.07) is 11.3. The van der Waals surface area contributed by atoms with Crippen molar-refractivity contribution in [2.75, 3.05) is 19.5 Å². The fraction of sp³-hybridized carbons (Fsp3) is 0.130. The summed E-state index contributed by atoms with van der Waals surface area (Å²) in [4.78, 5) is 30.0. The van der Waals surface area contributed by atoms with E-state index in [0.717, 1.165) is 5.56 Å². The average Bonchev–Trinajstić information content (AvgIpc) is 3.54. The number of hydrogen-bond acceptors (Lipinski definition) is 9. The van der Waals surface area contributed by atoms with Crippen LogP contribution >= 0.6 is 22.9 Å². The maximum Gasteiger partial charge on any atom is 0.340 e. The zero-order valence-corrected chi connectivity index (χ0v) is 19.6. The molecule has 0 spiro atoms. The molecule has 0 aliphatic rings. The molecule has 0 bridgehead atoms. The third-order valence-electron chi connectivity index (χ3n) is 4.68. The van der Waals surface area contributed by atoms with Gasteiger partial charge in [0.25, 0.3) is 11.8 Å². The molecule has 4 rings (SSSR count). The normalized spacial score (nSPS) is 10.6. The molecule has 4 aromatic rings. The minimum Gasteiger partial charge on any atom is -0.493 e. The zero-order valence-electron chi connectivity index (χ0n) is 18.0. The second-order valence-corrected chi connectivity index (χ2v) is 7.98. The minimum atomic E-state index is -0.739. The van der Waals surface area contributed by atoms with Crippen LogP contribution in [-0.4, -0.2) is 36.2 Å². The van der Waals surface area contributed by atoms with E-state index in [-0.39, 0.29) is 40.0 Å². The Hall–Kier alpha value is -3.89. The first kappa shape index (κ1) is 23.3. The van der Waals surface area contributed by atoms with Crippen molar-refractivity contribution in [1.29, 1.82) is 0 Å². The molecule has 34 heavy (non-hydrogen) atoms. The number of aromatic nitrogens is 2. The third-order valence-corrected chi connectivity index (χ3v) is 5.69. The Balaban J connectivity index is 1.57. The predicted molar refractivity (Wildman–Crippen MR) is 126 cm³/mol. The molecule has 11 heteroatoms. The monoisotopic (exact) mass is 499 g/mol. The average molecular weight is 500 g/mol. The topological polar surface area (TPSA) is 113 Å². The Morgan fingerprint density at radius 1 is 1.09 bits per heavy atom. The molecule has 0 aliphatic heterocycles. The maximum absolute atomic E-state index is 12.9. The molecule has 0 atom stereocenters.